The van der Waals surface area contributed by atoms with Crippen LogP contribution < -0.4 is 20.9 Å². The molecule has 0 fully saturated rings. The fourth-order valence-corrected chi connectivity index (χ4v) is 2.02. The predicted molar refractivity (Wildman–Crippen MR) is 82.9 cm³/mol. The number of nitrogens with zero attached hydrogens (tertiary/aromatic N) is 3. The van der Waals surface area contributed by atoms with Gasteiger partial charge in [0.2, 0.25) is 0 Å². The van der Waals surface area contributed by atoms with Crippen LogP contribution in [0, 0.1) is 0 Å². The summed E-state index contributed by atoms with van der Waals surface area (Å²) < 4.78 is 6.60. The summed E-state index contributed by atoms with van der Waals surface area (Å²) in [7, 11) is 3.50. The Morgan fingerprint density at radius 1 is 1.38 bits per heavy atom. The zero-order valence-corrected chi connectivity index (χ0v) is 12.3. The topological polar surface area (TPSA) is 73.4 Å². The number of methoxy groups -OCH3 is 1. The molecule has 0 amide bonds. The first-order valence-corrected chi connectivity index (χ1v) is 6.75. The van der Waals surface area contributed by atoms with Crippen molar-refractivity contribution in [2.24, 2.45) is 5.73 Å². The maximum absolute atomic E-state index is 12.1. The largest absolute Gasteiger partial charge is 0.497 e. The van der Waals surface area contributed by atoms with E-state index < -0.39 is 0 Å². The summed E-state index contributed by atoms with van der Waals surface area (Å²) >= 11 is 0. The number of benzene rings is 1. The molecule has 1 aromatic carbocycles. The molecule has 2 rings (SSSR count). The average molecular weight is 288 g/mol. The molecule has 1 aromatic heterocycles. The minimum atomic E-state index is -0.140. The second kappa shape index (κ2) is 6.90. The number of aromatic nitrogens is 2. The van der Waals surface area contributed by atoms with Crippen molar-refractivity contribution in [2.75, 3.05) is 32.1 Å². The van der Waals surface area contributed by atoms with Crippen molar-refractivity contribution in [3.05, 3.63) is 52.4 Å². The zero-order valence-electron chi connectivity index (χ0n) is 12.3. The van der Waals surface area contributed by atoms with E-state index in [2.05, 4.69) is 5.10 Å². The first kappa shape index (κ1) is 15.1. The molecule has 0 aliphatic carbocycles. The number of nitrogens with two attached hydrogens (primary N) is 1. The lowest BCUT2D eigenvalue weighted by Gasteiger charge is -2.17. The van der Waals surface area contributed by atoms with E-state index >= 15 is 0 Å². The molecule has 0 spiro atoms. The quantitative estimate of drug-likeness (QED) is 0.847. The molecule has 6 nitrogen and oxygen atoms in total. The third-order valence-corrected chi connectivity index (χ3v) is 3.23. The van der Waals surface area contributed by atoms with Gasteiger partial charge in [0, 0.05) is 26.2 Å². The van der Waals surface area contributed by atoms with Crippen LogP contribution in [-0.4, -0.2) is 37.0 Å². The Balaban J connectivity index is 2.19. The van der Waals surface area contributed by atoms with E-state index in [1.807, 2.05) is 36.2 Å². The molecule has 112 valence electrons. The van der Waals surface area contributed by atoms with Crippen LogP contribution >= 0.6 is 0 Å². The van der Waals surface area contributed by atoms with E-state index in [0.717, 1.165) is 17.0 Å². The van der Waals surface area contributed by atoms with Crippen LogP contribution in [0.25, 0.3) is 0 Å². The number of ether oxygens (including phenoxy) is 1. The fourth-order valence-electron chi connectivity index (χ4n) is 2.02. The third-order valence-electron chi connectivity index (χ3n) is 3.23. The average Bonchev–Trinajstić information content (AvgIpc) is 2.49. The number of anilines is 1. The Hall–Kier alpha value is -2.34. The van der Waals surface area contributed by atoms with Crippen molar-refractivity contribution in [1.29, 1.82) is 0 Å². The molecule has 0 radical (unpaired) electrons. The summed E-state index contributed by atoms with van der Waals surface area (Å²) in [5.74, 6) is 0.764. The predicted octanol–water partition coefficient (Wildman–Crippen LogP) is 0.695. The number of likely N-dealkylation sites (N-methyl/N-ethyl adjacent to an activating group) is 1. The smallest absolute Gasteiger partial charge is 0.269 e. The van der Waals surface area contributed by atoms with E-state index in [-0.39, 0.29) is 5.56 Å². The van der Waals surface area contributed by atoms with Crippen molar-refractivity contribution in [2.45, 2.75) is 6.54 Å². The molecule has 0 aliphatic heterocycles. The molecule has 0 atom stereocenters. The van der Waals surface area contributed by atoms with E-state index in [9.17, 15) is 4.79 Å². The van der Waals surface area contributed by atoms with Gasteiger partial charge in [-0.3, -0.25) is 4.79 Å². The molecule has 0 saturated carbocycles. The number of hydrogen-bond acceptors (Lipinski definition) is 5. The van der Waals surface area contributed by atoms with Gasteiger partial charge in [-0.2, -0.15) is 5.10 Å². The van der Waals surface area contributed by atoms with Crippen LogP contribution in [0.1, 0.15) is 5.56 Å². The summed E-state index contributed by atoms with van der Waals surface area (Å²) in [5, 5.41) is 4.21. The van der Waals surface area contributed by atoms with Gasteiger partial charge >= 0.3 is 0 Å². The maximum atomic E-state index is 12.1. The zero-order chi connectivity index (χ0) is 15.2. The highest BCUT2D eigenvalue weighted by Crippen LogP contribution is 2.13. The van der Waals surface area contributed by atoms with E-state index in [1.165, 1.54) is 4.68 Å². The molecule has 1 heterocycles. The van der Waals surface area contributed by atoms with Crippen LogP contribution in [0.15, 0.2) is 41.3 Å². The molecule has 0 saturated heterocycles. The Labute approximate surface area is 123 Å². The van der Waals surface area contributed by atoms with Crippen molar-refractivity contribution in [1.82, 2.24) is 9.78 Å². The van der Waals surface area contributed by atoms with Gasteiger partial charge in [-0.05, 0) is 17.7 Å². The molecule has 2 aromatic rings. The normalized spacial score (nSPS) is 10.4. The van der Waals surface area contributed by atoms with Gasteiger partial charge in [0.25, 0.3) is 5.56 Å². The van der Waals surface area contributed by atoms with Crippen LogP contribution in [0.2, 0.25) is 0 Å². The Morgan fingerprint density at radius 3 is 2.86 bits per heavy atom. The van der Waals surface area contributed by atoms with Crippen LogP contribution in [-0.2, 0) is 6.54 Å². The van der Waals surface area contributed by atoms with E-state index in [0.29, 0.717) is 19.6 Å². The van der Waals surface area contributed by atoms with Gasteiger partial charge in [0.1, 0.15) is 5.75 Å². The van der Waals surface area contributed by atoms with Gasteiger partial charge < -0.3 is 15.4 Å². The summed E-state index contributed by atoms with van der Waals surface area (Å²) in [6.07, 6.45) is 1.68. The van der Waals surface area contributed by atoms with Crippen molar-refractivity contribution < 1.29 is 4.74 Å². The van der Waals surface area contributed by atoms with E-state index in [1.54, 1.807) is 19.4 Å². The second-order valence-corrected chi connectivity index (χ2v) is 4.77. The highest BCUT2D eigenvalue weighted by Gasteiger charge is 2.05. The number of hydrogen-bond donors (Lipinski definition) is 1. The van der Waals surface area contributed by atoms with Gasteiger partial charge in [-0.25, -0.2) is 4.68 Å². The van der Waals surface area contributed by atoms with Crippen LogP contribution in [0.4, 0.5) is 5.69 Å². The molecular weight excluding hydrogens is 268 g/mol. The lowest BCUT2D eigenvalue weighted by atomic mass is 10.2. The molecular formula is C15H20N4O2. The maximum Gasteiger partial charge on any atom is 0.269 e. The molecule has 21 heavy (non-hydrogen) atoms. The minimum Gasteiger partial charge on any atom is -0.497 e. The lowest BCUT2D eigenvalue weighted by molar-refractivity contribution is 0.414. The molecule has 6 heteroatoms. The van der Waals surface area contributed by atoms with Crippen LogP contribution in [0.3, 0.4) is 0 Å². The monoisotopic (exact) mass is 288 g/mol. The Bertz CT molecular complexity index is 654. The summed E-state index contributed by atoms with van der Waals surface area (Å²) in [5.41, 5.74) is 7.10. The second-order valence-electron chi connectivity index (χ2n) is 4.77. The standard InChI is InChI=1S/C15H20N4O2/c1-18(7-6-16)13-9-15(20)19(17-10-13)11-12-4-3-5-14(8-12)21-2/h3-5,8-10H,6-7,11,16H2,1-2H3. The Morgan fingerprint density at radius 2 is 2.19 bits per heavy atom. The summed E-state index contributed by atoms with van der Waals surface area (Å²) in [6.45, 7) is 1.63. The molecule has 0 bridgehead atoms. The SMILES string of the molecule is COc1cccc(Cn2ncc(N(C)CCN)cc2=O)c1. The lowest BCUT2D eigenvalue weighted by Crippen LogP contribution is -2.29. The van der Waals surface area contributed by atoms with Crippen molar-refractivity contribution in [3.8, 4) is 5.75 Å². The highest BCUT2D eigenvalue weighted by atomic mass is 16.5. The minimum absolute atomic E-state index is 0.140. The highest BCUT2D eigenvalue weighted by molar-refractivity contribution is 5.41. The van der Waals surface area contributed by atoms with Crippen LogP contribution in [0.5, 0.6) is 5.75 Å². The Kier molecular flexibility index (Phi) is 4.94. The van der Waals surface area contributed by atoms with Gasteiger partial charge in [-0.15, -0.1) is 0 Å². The summed E-state index contributed by atoms with van der Waals surface area (Å²) in [6, 6.07) is 9.16. The van der Waals surface area contributed by atoms with E-state index in [4.69, 9.17) is 10.5 Å². The number of rotatable bonds is 6. The van der Waals surface area contributed by atoms with Gasteiger partial charge in [0.15, 0.2) is 0 Å². The first-order valence-electron chi connectivity index (χ1n) is 6.75. The van der Waals surface area contributed by atoms with Crippen molar-refractivity contribution >= 4 is 5.69 Å². The fraction of sp³-hybridized carbons (Fsp3) is 0.333. The molecule has 0 unspecified atom stereocenters. The summed E-state index contributed by atoms with van der Waals surface area (Å²) in [4.78, 5) is 14.0. The molecule has 2 N–H and O–H groups in total. The van der Waals surface area contributed by atoms with Gasteiger partial charge in [0.05, 0.1) is 25.5 Å². The van der Waals surface area contributed by atoms with Gasteiger partial charge in [-0.1, -0.05) is 12.1 Å². The van der Waals surface area contributed by atoms with Crippen molar-refractivity contribution in [3.63, 3.8) is 0 Å². The first-order chi connectivity index (χ1) is 10.1. The third kappa shape index (κ3) is 3.82. The molecule has 0 aliphatic rings.